The van der Waals surface area contributed by atoms with Gasteiger partial charge < -0.3 is 15.2 Å². The Bertz CT molecular complexity index is 695. The van der Waals surface area contributed by atoms with Crippen LogP contribution in [-0.4, -0.2) is 45.0 Å². The number of aliphatic carboxylic acids is 1. The molecule has 8 nitrogen and oxygen atoms in total. The number of fused-ring (bicyclic) bond motifs is 1. The van der Waals surface area contributed by atoms with Crippen molar-refractivity contribution in [3.63, 3.8) is 0 Å². The molecule has 0 fully saturated rings. The van der Waals surface area contributed by atoms with Crippen molar-refractivity contribution in [3.05, 3.63) is 18.0 Å². The van der Waals surface area contributed by atoms with E-state index in [9.17, 15) is 9.59 Å². The maximum atomic E-state index is 12.0. The molecule has 2 rings (SSSR count). The van der Waals surface area contributed by atoms with Gasteiger partial charge in [-0.2, -0.15) is 5.10 Å². The zero-order valence-corrected chi connectivity index (χ0v) is 12.5. The fourth-order valence-corrected chi connectivity index (χ4v) is 2.10. The van der Waals surface area contributed by atoms with Crippen molar-refractivity contribution in [2.75, 3.05) is 18.5 Å². The van der Waals surface area contributed by atoms with Crippen LogP contribution in [0.5, 0.6) is 0 Å². The van der Waals surface area contributed by atoms with Crippen LogP contribution >= 0.6 is 0 Å². The molecule has 8 heteroatoms. The van der Waals surface area contributed by atoms with Gasteiger partial charge in [-0.15, -0.1) is 0 Å². The van der Waals surface area contributed by atoms with Gasteiger partial charge in [0.15, 0.2) is 5.65 Å². The lowest BCUT2D eigenvalue weighted by Gasteiger charge is -2.12. The summed E-state index contributed by atoms with van der Waals surface area (Å²) >= 11 is 0. The van der Waals surface area contributed by atoms with E-state index in [4.69, 9.17) is 9.84 Å². The second-order valence-corrected chi connectivity index (χ2v) is 4.70. The highest BCUT2D eigenvalue weighted by molar-refractivity contribution is 6.04. The summed E-state index contributed by atoms with van der Waals surface area (Å²) < 4.78 is 6.63. The number of carboxylic acid groups (broad SMARTS) is 1. The molecule has 0 radical (unpaired) electrons. The fourth-order valence-electron chi connectivity index (χ4n) is 2.10. The maximum absolute atomic E-state index is 12.0. The van der Waals surface area contributed by atoms with E-state index < -0.39 is 11.9 Å². The minimum absolute atomic E-state index is 0.0585. The van der Waals surface area contributed by atoms with Crippen LogP contribution in [0.4, 0.5) is 5.69 Å². The monoisotopic (exact) mass is 306 g/mol. The zero-order chi connectivity index (χ0) is 16.1. The molecule has 22 heavy (non-hydrogen) atoms. The first-order chi connectivity index (χ1) is 10.5. The van der Waals surface area contributed by atoms with Crippen LogP contribution in [0, 0.1) is 0 Å². The smallest absolute Gasteiger partial charge is 0.341 e. The van der Waals surface area contributed by atoms with Gasteiger partial charge in [-0.1, -0.05) is 0 Å². The lowest BCUT2D eigenvalue weighted by molar-refractivity contribution is -0.137. The number of nitrogens with one attached hydrogen (secondary N) is 1. The lowest BCUT2D eigenvalue weighted by atomic mass is 10.1. The Morgan fingerprint density at radius 2 is 2.18 bits per heavy atom. The van der Waals surface area contributed by atoms with Gasteiger partial charge in [0, 0.05) is 26.2 Å². The predicted molar refractivity (Wildman–Crippen MR) is 79.8 cm³/mol. The highest BCUT2D eigenvalue weighted by Crippen LogP contribution is 2.26. The number of nitrogens with zero attached hydrogens (tertiary/aromatic N) is 3. The number of carbonyl (C=O) groups is 2. The number of hydrogen-bond acceptors (Lipinski definition) is 6. The van der Waals surface area contributed by atoms with Gasteiger partial charge in [0.25, 0.3) is 0 Å². The van der Waals surface area contributed by atoms with E-state index in [-0.39, 0.29) is 13.0 Å². The molecule has 2 aromatic rings. The van der Waals surface area contributed by atoms with Gasteiger partial charge >= 0.3 is 11.9 Å². The number of pyridine rings is 1. The minimum atomic E-state index is -0.853. The van der Waals surface area contributed by atoms with E-state index in [1.807, 2.05) is 0 Å². The molecule has 0 aromatic carbocycles. The Labute approximate surface area is 127 Å². The molecule has 0 saturated carbocycles. The largest absolute Gasteiger partial charge is 0.481 e. The van der Waals surface area contributed by atoms with Crippen LogP contribution in [0.2, 0.25) is 0 Å². The number of carboxylic acids is 1. The molecule has 118 valence electrons. The summed E-state index contributed by atoms with van der Waals surface area (Å²) in [5, 5.41) is 16.6. The molecule has 0 aliphatic heterocycles. The Hall–Kier alpha value is -2.64. The molecular formula is C14H18N4O4. The third-order valence-corrected chi connectivity index (χ3v) is 3.13. The average molecular weight is 306 g/mol. The van der Waals surface area contributed by atoms with Gasteiger partial charge in [0.2, 0.25) is 0 Å². The number of anilines is 1. The zero-order valence-electron chi connectivity index (χ0n) is 12.5. The number of ether oxygens (including phenoxy) is 1. The van der Waals surface area contributed by atoms with Gasteiger partial charge in [0.1, 0.15) is 5.56 Å². The van der Waals surface area contributed by atoms with Crippen molar-refractivity contribution < 1.29 is 19.4 Å². The van der Waals surface area contributed by atoms with Crippen molar-refractivity contribution in [1.29, 1.82) is 0 Å². The van der Waals surface area contributed by atoms with E-state index in [1.165, 1.54) is 6.20 Å². The molecule has 2 N–H and O–H groups in total. The maximum Gasteiger partial charge on any atom is 0.341 e. The van der Waals surface area contributed by atoms with E-state index in [2.05, 4.69) is 15.4 Å². The second-order valence-electron chi connectivity index (χ2n) is 4.70. The standard InChI is InChI=1S/C14H18N4O4/c1-3-22-14(21)10-7-16-13-9(8-17-18(13)2)12(10)15-6-4-5-11(19)20/h7-8H,3-6H2,1-2H3,(H,15,16)(H,19,20). The molecule has 0 unspecified atom stereocenters. The Kier molecular flexibility index (Phi) is 4.92. The molecule has 0 aliphatic rings. The molecule has 0 bridgehead atoms. The molecule has 0 saturated heterocycles. The quantitative estimate of drug-likeness (QED) is 0.588. The molecule has 0 amide bonds. The molecule has 2 aromatic heterocycles. The number of carbonyl (C=O) groups excluding carboxylic acids is 1. The van der Waals surface area contributed by atoms with Crippen LogP contribution in [0.15, 0.2) is 12.4 Å². The van der Waals surface area contributed by atoms with Gasteiger partial charge in [0.05, 0.1) is 23.9 Å². The van der Waals surface area contributed by atoms with Gasteiger partial charge in [-0.05, 0) is 13.3 Å². The minimum Gasteiger partial charge on any atom is -0.481 e. The second kappa shape index (κ2) is 6.88. The molecule has 0 aliphatic carbocycles. The summed E-state index contributed by atoms with van der Waals surface area (Å²) in [6.45, 7) is 2.42. The molecule has 2 heterocycles. The van der Waals surface area contributed by atoms with Gasteiger partial charge in [-0.3, -0.25) is 9.48 Å². The number of hydrogen-bond donors (Lipinski definition) is 2. The average Bonchev–Trinajstić information content (AvgIpc) is 2.85. The third-order valence-electron chi connectivity index (χ3n) is 3.13. The van der Waals surface area contributed by atoms with E-state index in [1.54, 1.807) is 24.9 Å². The predicted octanol–water partition coefficient (Wildman–Crippen LogP) is 1.42. The Morgan fingerprint density at radius 1 is 1.41 bits per heavy atom. The van der Waals surface area contributed by atoms with Crippen LogP contribution in [0.3, 0.4) is 0 Å². The third kappa shape index (κ3) is 3.33. The van der Waals surface area contributed by atoms with Crippen LogP contribution in [0.25, 0.3) is 11.0 Å². The van der Waals surface area contributed by atoms with Crippen molar-refractivity contribution in [1.82, 2.24) is 14.8 Å². The van der Waals surface area contributed by atoms with Gasteiger partial charge in [-0.25, -0.2) is 9.78 Å². The normalized spacial score (nSPS) is 10.6. The molecular weight excluding hydrogens is 288 g/mol. The topological polar surface area (TPSA) is 106 Å². The number of esters is 1. The summed E-state index contributed by atoms with van der Waals surface area (Å²) in [4.78, 5) is 26.8. The van der Waals surface area contributed by atoms with Crippen molar-refractivity contribution in [2.24, 2.45) is 7.05 Å². The molecule has 0 atom stereocenters. The van der Waals surface area contributed by atoms with Crippen molar-refractivity contribution >= 4 is 28.7 Å². The summed E-state index contributed by atoms with van der Waals surface area (Å²) in [5.41, 5.74) is 1.52. The summed E-state index contributed by atoms with van der Waals surface area (Å²) in [7, 11) is 1.76. The van der Waals surface area contributed by atoms with Crippen LogP contribution in [-0.2, 0) is 16.6 Å². The van der Waals surface area contributed by atoms with Crippen LogP contribution in [0.1, 0.15) is 30.1 Å². The summed E-state index contributed by atoms with van der Waals surface area (Å²) in [5.74, 6) is -1.32. The van der Waals surface area contributed by atoms with E-state index >= 15 is 0 Å². The summed E-state index contributed by atoms with van der Waals surface area (Å²) in [6, 6.07) is 0. The highest BCUT2D eigenvalue weighted by atomic mass is 16.5. The fraction of sp³-hybridized carbons (Fsp3) is 0.429. The lowest BCUT2D eigenvalue weighted by Crippen LogP contribution is -2.12. The molecule has 0 spiro atoms. The first-order valence-corrected chi connectivity index (χ1v) is 6.98. The Morgan fingerprint density at radius 3 is 2.86 bits per heavy atom. The first-order valence-electron chi connectivity index (χ1n) is 6.98. The van der Waals surface area contributed by atoms with Crippen molar-refractivity contribution in [3.8, 4) is 0 Å². The van der Waals surface area contributed by atoms with E-state index in [0.29, 0.717) is 35.2 Å². The van der Waals surface area contributed by atoms with Crippen molar-refractivity contribution in [2.45, 2.75) is 19.8 Å². The highest BCUT2D eigenvalue weighted by Gasteiger charge is 2.18. The summed E-state index contributed by atoms with van der Waals surface area (Å²) in [6.07, 6.45) is 3.57. The number of aryl methyl sites for hydroxylation is 1. The SMILES string of the molecule is CCOC(=O)c1cnc2c(cnn2C)c1NCCCC(=O)O. The van der Waals surface area contributed by atoms with E-state index in [0.717, 1.165) is 0 Å². The Balaban J connectivity index is 2.31. The van der Waals surface area contributed by atoms with Crippen LogP contribution < -0.4 is 5.32 Å². The number of rotatable bonds is 7. The number of aromatic nitrogens is 3. The first kappa shape index (κ1) is 15.7.